The highest BCUT2D eigenvalue weighted by atomic mass is 79.9. The molecule has 0 aromatic heterocycles. The third kappa shape index (κ3) is 2.24. The van der Waals surface area contributed by atoms with Gasteiger partial charge in [0, 0.05) is 4.47 Å². The van der Waals surface area contributed by atoms with Crippen molar-refractivity contribution in [3.05, 3.63) is 28.7 Å². The monoisotopic (exact) mass is 379 g/mol. The van der Waals surface area contributed by atoms with Gasteiger partial charge in [-0.15, -0.1) is 0 Å². The number of hydrazone groups is 1. The largest absolute Gasteiger partial charge is 0.461 e. The van der Waals surface area contributed by atoms with Gasteiger partial charge in [0.2, 0.25) is 5.91 Å². The molecule has 8 heteroatoms. The summed E-state index contributed by atoms with van der Waals surface area (Å²) in [7, 11) is 0. The summed E-state index contributed by atoms with van der Waals surface area (Å²) >= 11 is 3.31. The number of carbonyl (C=O) groups is 3. The molecule has 1 saturated heterocycles. The highest BCUT2D eigenvalue weighted by Gasteiger charge is 2.63. The van der Waals surface area contributed by atoms with Crippen LogP contribution >= 0.6 is 15.9 Å². The van der Waals surface area contributed by atoms with Gasteiger partial charge in [0.25, 0.3) is 5.91 Å². The first-order valence-corrected chi connectivity index (χ1v) is 7.85. The molecular weight excluding hydrogens is 366 g/mol. The minimum atomic E-state index is -1.27. The van der Waals surface area contributed by atoms with E-state index in [1.165, 1.54) is 0 Å². The van der Waals surface area contributed by atoms with E-state index < -0.39 is 29.2 Å². The summed E-state index contributed by atoms with van der Waals surface area (Å²) in [5.41, 5.74) is 1.76. The number of hydrogen-bond acceptors (Lipinski definition) is 6. The lowest BCUT2D eigenvalue weighted by atomic mass is 9.86. The van der Waals surface area contributed by atoms with Crippen LogP contribution in [-0.4, -0.2) is 35.6 Å². The van der Waals surface area contributed by atoms with Crippen molar-refractivity contribution in [1.82, 2.24) is 5.43 Å². The lowest BCUT2D eigenvalue weighted by Crippen LogP contribution is -2.48. The van der Waals surface area contributed by atoms with Crippen LogP contribution in [0.2, 0.25) is 0 Å². The van der Waals surface area contributed by atoms with Crippen LogP contribution in [-0.2, 0) is 19.1 Å². The number of carbonyl (C=O) groups excluding carboxylic acids is 3. The van der Waals surface area contributed by atoms with Crippen LogP contribution in [0, 0.1) is 5.92 Å². The summed E-state index contributed by atoms with van der Waals surface area (Å²) in [6.07, 6.45) is 0. The summed E-state index contributed by atoms with van der Waals surface area (Å²) < 4.78 is 5.75. The molecule has 0 unspecified atom stereocenters. The number of benzene rings is 1. The fourth-order valence-corrected chi connectivity index (χ4v) is 3.04. The molecule has 120 valence electrons. The average Bonchev–Trinajstić information content (AvgIpc) is 2.96. The second-order valence-electron chi connectivity index (χ2n) is 5.42. The molecule has 2 atom stereocenters. The smallest absolute Gasteiger partial charge is 0.355 e. The molecule has 3 rings (SSSR count). The zero-order valence-corrected chi connectivity index (χ0v) is 14.1. The van der Waals surface area contributed by atoms with Gasteiger partial charge in [0.1, 0.15) is 11.5 Å². The van der Waals surface area contributed by atoms with Gasteiger partial charge in [-0.25, -0.2) is 9.69 Å². The number of fused-ring (bicyclic) bond motifs is 1. The first-order valence-electron chi connectivity index (χ1n) is 7.06. The van der Waals surface area contributed by atoms with E-state index in [1.807, 2.05) is 0 Å². The lowest BCUT2D eigenvalue weighted by Gasteiger charge is -2.20. The lowest BCUT2D eigenvalue weighted by molar-refractivity contribution is -0.136. The summed E-state index contributed by atoms with van der Waals surface area (Å²) in [5, 5.41) is 3.87. The molecule has 0 aliphatic carbocycles. The third-order valence-electron chi connectivity index (χ3n) is 3.94. The fraction of sp³-hybridized carbons (Fsp3) is 0.333. The zero-order valence-electron chi connectivity index (χ0n) is 12.5. The number of amides is 2. The summed E-state index contributed by atoms with van der Waals surface area (Å²) in [6.45, 7) is 3.39. The topological polar surface area (TPSA) is 88.1 Å². The predicted octanol–water partition coefficient (Wildman–Crippen LogP) is 1.22. The third-order valence-corrected chi connectivity index (χ3v) is 4.47. The Labute approximate surface area is 140 Å². The van der Waals surface area contributed by atoms with Crippen molar-refractivity contribution >= 4 is 45.1 Å². The van der Waals surface area contributed by atoms with E-state index in [2.05, 4.69) is 26.5 Å². The van der Waals surface area contributed by atoms with Gasteiger partial charge in [-0.2, -0.15) is 5.10 Å². The van der Waals surface area contributed by atoms with Gasteiger partial charge >= 0.3 is 5.97 Å². The SMILES string of the molecule is CCOC(=O)C1=NN[C@]2(C)C(=O)N(c3ccc(Br)cc3)C(=O)[C@@H]12. The highest BCUT2D eigenvalue weighted by Crippen LogP contribution is 2.38. The summed E-state index contributed by atoms with van der Waals surface area (Å²) in [6, 6.07) is 6.79. The molecule has 0 radical (unpaired) electrons. The fourth-order valence-electron chi connectivity index (χ4n) is 2.78. The standard InChI is InChI=1S/C15H14BrN3O4/c1-3-23-13(21)11-10-12(20)19(9-6-4-8(16)5-7-9)14(22)15(10,2)18-17-11/h4-7,10,18H,3H2,1-2H3/t10-,15+/m1/s1. The Balaban J connectivity index is 1.98. The van der Waals surface area contributed by atoms with Crippen molar-refractivity contribution < 1.29 is 19.1 Å². The molecule has 1 aromatic rings. The predicted molar refractivity (Wildman–Crippen MR) is 85.7 cm³/mol. The number of hydrogen-bond donors (Lipinski definition) is 1. The van der Waals surface area contributed by atoms with Crippen molar-refractivity contribution in [3.8, 4) is 0 Å². The van der Waals surface area contributed by atoms with Crippen molar-refractivity contribution in [2.75, 3.05) is 11.5 Å². The Hall–Kier alpha value is -2.22. The van der Waals surface area contributed by atoms with Crippen molar-refractivity contribution in [1.29, 1.82) is 0 Å². The maximum absolute atomic E-state index is 12.8. The van der Waals surface area contributed by atoms with E-state index in [4.69, 9.17) is 4.74 Å². The minimum absolute atomic E-state index is 0.0627. The van der Waals surface area contributed by atoms with E-state index >= 15 is 0 Å². The normalized spacial score (nSPS) is 26.0. The molecule has 2 heterocycles. The molecule has 2 amide bonds. The van der Waals surface area contributed by atoms with Crippen molar-refractivity contribution in [2.24, 2.45) is 11.0 Å². The maximum atomic E-state index is 12.8. The van der Waals surface area contributed by atoms with Gasteiger partial charge in [-0.3, -0.25) is 15.0 Å². The Morgan fingerprint density at radius 1 is 1.39 bits per heavy atom. The second-order valence-corrected chi connectivity index (χ2v) is 6.34. The van der Waals surface area contributed by atoms with Crippen molar-refractivity contribution in [2.45, 2.75) is 19.4 Å². The Morgan fingerprint density at radius 3 is 2.65 bits per heavy atom. The number of imide groups is 1. The number of halogens is 1. The molecule has 2 aliphatic heterocycles. The minimum Gasteiger partial charge on any atom is -0.461 e. The van der Waals surface area contributed by atoms with Crippen molar-refractivity contribution in [3.63, 3.8) is 0 Å². The first-order chi connectivity index (χ1) is 10.9. The Kier molecular flexibility index (Phi) is 3.71. The number of nitrogens with zero attached hydrogens (tertiary/aromatic N) is 2. The molecule has 23 heavy (non-hydrogen) atoms. The molecule has 0 saturated carbocycles. The molecule has 2 aliphatic rings. The van der Waals surface area contributed by atoms with E-state index in [0.717, 1.165) is 9.37 Å². The van der Waals surface area contributed by atoms with Gasteiger partial charge in [0.15, 0.2) is 5.71 Å². The molecule has 0 spiro atoms. The molecular formula is C15H14BrN3O4. The second kappa shape index (κ2) is 5.45. The van der Waals surface area contributed by atoms with Crippen LogP contribution in [0.5, 0.6) is 0 Å². The molecule has 0 bridgehead atoms. The van der Waals surface area contributed by atoms with E-state index in [9.17, 15) is 14.4 Å². The average molecular weight is 380 g/mol. The number of esters is 1. The van der Waals surface area contributed by atoms with Gasteiger partial charge in [-0.1, -0.05) is 15.9 Å². The summed E-state index contributed by atoms with van der Waals surface area (Å²) in [4.78, 5) is 38.6. The van der Waals surface area contributed by atoms with Crippen LogP contribution < -0.4 is 10.3 Å². The zero-order chi connectivity index (χ0) is 16.8. The molecule has 1 N–H and O–H groups in total. The number of nitrogens with one attached hydrogen (secondary N) is 1. The highest BCUT2D eigenvalue weighted by molar-refractivity contribution is 9.10. The Bertz CT molecular complexity index is 731. The van der Waals surface area contributed by atoms with Crippen LogP contribution in [0.25, 0.3) is 0 Å². The van der Waals surface area contributed by atoms with Gasteiger partial charge < -0.3 is 4.74 Å². The molecule has 7 nitrogen and oxygen atoms in total. The van der Waals surface area contributed by atoms with Gasteiger partial charge in [-0.05, 0) is 38.1 Å². The Morgan fingerprint density at radius 2 is 2.04 bits per heavy atom. The van der Waals surface area contributed by atoms with Crippen LogP contribution in [0.1, 0.15) is 13.8 Å². The van der Waals surface area contributed by atoms with Crippen LogP contribution in [0.15, 0.2) is 33.8 Å². The molecule has 1 fully saturated rings. The van der Waals surface area contributed by atoms with E-state index in [1.54, 1.807) is 38.1 Å². The summed E-state index contributed by atoms with van der Waals surface area (Å²) in [5.74, 6) is -2.61. The number of ether oxygens (including phenoxy) is 1. The van der Waals surface area contributed by atoms with Crippen LogP contribution in [0.3, 0.4) is 0 Å². The molecule has 1 aromatic carbocycles. The van der Waals surface area contributed by atoms with E-state index in [-0.39, 0.29) is 12.3 Å². The first kappa shape index (κ1) is 15.7. The maximum Gasteiger partial charge on any atom is 0.355 e. The quantitative estimate of drug-likeness (QED) is 0.629. The number of anilines is 1. The van der Waals surface area contributed by atoms with Gasteiger partial charge in [0.05, 0.1) is 12.3 Å². The number of rotatable bonds is 3. The van der Waals surface area contributed by atoms with E-state index in [0.29, 0.717) is 5.69 Å². The van der Waals surface area contributed by atoms with Crippen LogP contribution in [0.4, 0.5) is 5.69 Å².